The van der Waals surface area contributed by atoms with Gasteiger partial charge in [-0.1, -0.05) is 25.8 Å². The zero-order chi connectivity index (χ0) is 15.1. The van der Waals surface area contributed by atoms with E-state index in [1.807, 2.05) is 0 Å². The van der Waals surface area contributed by atoms with E-state index in [1.54, 1.807) is 6.07 Å². The maximum atomic E-state index is 13.2. The fourth-order valence-electron chi connectivity index (χ4n) is 2.19. The number of benzene rings is 1. The lowest BCUT2D eigenvalue weighted by Gasteiger charge is -2.27. The van der Waals surface area contributed by atoms with Crippen LogP contribution in [0.3, 0.4) is 0 Å². The van der Waals surface area contributed by atoms with Gasteiger partial charge in [0.2, 0.25) is 0 Å². The minimum absolute atomic E-state index is 0.0612. The van der Waals surface area contributed by atoms with Gasteiger partial charge in [-0.05, 0) is 44.5 Å². The number of hydrogen-bond acceptors (Lipinski definition) is 2. The highest BCUT2D eigenvalue weighted by Gasteiger charge is 2.16. The number of carboxylic acids is 1. The summed E-state index contributed by atoms with van der Waals surface area (Å²) in [4.78, 5) is 13.4. The normalized spacial score (nSPS) is 11.3. The zero-order valence-electron chi connectivity index (χ0n) is 12.5. The lowest BCUT2D eigenvalue weighted by Crippen LogP contribution is -2.32. The molecule has 0 atom stereocenters. The third kappa shape index (κ3) is 4.93. The fraction of sp³-hybridized carbons (Fsp3) is 0.562. The van der Waals surface area contributed by atoms with Gasteiger partial charge in [0.25, 0.3) is 0 Å². The summed E-state index contributed by atoms with van der Waals surface area (Å²) in [5.41, 5.74) is 0.732. The molecule has 1 aromatic carbocycles. The Morgan fingerprint density at radius 3 is 2.60 bits per heavy atom. The van der Waals surface area contributed by atoms with Crippen molar-refractivity contribution in [2.45, 2.75) is 52.6 Å². The molecule has 0 aromatic heterocycles. The summed E-state index contributed by atoms with van der Waals surface area (Å²) < 4.78 is 13.2. The molecular weight excluding hydrogens is 257 g/mol. The van der Waals surface area contributed by atoms with Crippen LogP contribution < -0.4 is 0 Å². The summed E-state index contributed by atoms with van der Waals surface area (Å²) in [7, 11) is 0. The molecule has 0 amide bonds. The van der Waals surface area contributed by atoms with E-state index in [9.17, 15) is 14.3 Å². The maximum absolute atomic E-state index is 13.2. The molecule has 0 unspecified atom stereocenters. The van der Waals surface area contributed by atoms with Crippen LogP contribution in [-0.4, -0.2) is 28.6 Å². The van der Waals surface area contributed by atoms with Crippen LogP contribution in [0.1, 0.15) is 56.0 Å². The number of unbranched alkanes of at least 4 members (excludes halogenated alkanes) is 2. The summed E-state index contributed by atoms with van der Waals surface area (Å²) in [6, 6.07) is 4.33. The largest absolute Gasteiger partial charge is 0.478 e. The average Bonchev–Trinajstić information content (AvgIpc) is 2.39. The number of halogens is 1. The van der Waals surface area contributed by atoms with Gasteiger partial charge in [0.1, 0.15) is 5.82 Å². The molecule has 4 heteroatoms. The second-order valence-corrected chi connectivity index (χ2v) is 5.38. The Labute approximate surface area is 120 Å². The smallest absolute Gasteiger partial charge is 0.336 e. The van der Waals surface area contributed by atoms with Gasteiger partial charge in [-0.25, -0.2) is 9.18 Å². The quantitative estimate of drug-likeness (QED) is 0.734. The Balaban J connectivity index is 2.85. The van der Waals surface area contributed by atoms with E-state index in [0.717, 1.165) is 25.5 Å². The highest BCUT2D eigenvalue weighted by atomic mass is 19.1. The van der Waals surface area contributed by atoms with Crippen molar-refractivity contribution in [3.63, 3.8) is 0 Å². The zero-order valence-corrected chi connectivity index (χ0v) is 12.5. The molecule has 0 aliphatic carbocycles. The van der Waals surface area contributed by atoms with Gasteiger partial charge in [0, 0.05) is 12.6 Å². The Bertz CT molecular complexity index is 446. The van der Waals surface area contributed by atoms with Crippen molar-refractivity contribution < 1.29 is 14.3 Å². The van der Waals surface area contributed by atoms with Gasteiger partial charge < -0.3 is 5.11 Å². The van der Waals surface area contributed by atoms with Crippen molar-refractivity contribution in [1.29, 1.82) is 0 Å². The van der Waals surface area contributed by atoms with E-state index in [4.69, 9.17) is 0 Å². The van der Waals surface area contributed by atoms with Crippen molar-refractivity contribution in [3.8, 4) is 0 Å². The van der Waals surface area contributed by atoms with Crippen molar-refractivity contribution in [1.82, 2.24) is 4.90 Å². The predicted molar refractivity (Wildman–Crippen MR) is 78.4 cm³/mol. The molecule has 0 heterocycles. The van der Waals surface area contributed by atoms with Crippen LogP contribution in [0.5, 0.6) is 0 Å². The molecule has 1 aromatic rings. The number of rotatable bonds is 8. The number of aromatic carboxylic acids is 1. The molecule has 0 aliphatic heterocycles. The molecule has 0 radical (unpaired) electrons. The van der Waals surface area contributed by atoms with Crippen molar-refractivity contribution >= 4 is 5.97 Å². The molecule has 3 nitrogen and oxygen atoms in total. The number of hydrogen-bond donors (Lipinski definition) is 1. The SMILES string of the molecule is CCCCCN(Cc1ccc(F)cc1C(=O)O)C(C)C. The van der Waals surface area contributed by atoms with Crippen LogP contribution in [-0.2, 0) is 6.54 Å². The van der Waals surface area contributed by atoms with Crippen LogP contribution in [0.25, 0.3) is 0 Å². The number of carbonyl (C=O) groups is 1. The first-order valence-electron chi connectivity index (χ1n) is 7.21. The maximum Gasteiger partial charge on any atom is 0.336 e. The molecule has 112 valence electrons. The van der Waals surface area contributed by atoms with Gasteiger partial charge in [0.15, 0.2) is 0 Å². The first kappa shape index (κ1) is 16.6. The van der Waals surface area contributed by atoms with Crippen LogP contribution in [0.4, 0.5) is 4.39 Å². The van der Waals surface area contributed by atoms with E-state index >= 15 is 0 Å². The van der Waals surface area contributed by atoms with Crippen molar-refractivity contribution in [2.75, 3.05) is 6.54 Å². The summed E-state index contributed by atoms with van der Waals surface area (Å²) in [5.74, 6) is -1.58. The molecule has 20 heavy (non-hydrogen) atoms. The molecule has 1 N–H and O–H groups in total. The topological polar surface area (TPSA) is 40.5 Å². The number of nitrogens with zero attached hydrogens (tertiary/aromatic N) is 1. The van der Waals surface area contributed by atoms with Gasteiger partial charge in [0.05, 0.1) is 5.56 Å². The third-order valence-electron chi connectivity index (χ3n) is 3.45. The van der Waals surface area contributed by atoms with Gasteiger partial charge in [-0.15, -0.1) is 0 Å². The van der Waals surface area contributed by atoms with Crippen LogP contribution in [0.2, 0.25) is 0 Å². The van der Waals surface area contributed by atoms with E-state index in [2.05, 4.69) is 25.7 Å². The van der Waals surface area contributed by atoms with Crippen LogP contribution in [0, 0.1) is 5.82 Å². The molecular formula is C16H24FNO2. The molecule has 0 bridgehead atoms. The van der Waals surface area contributed by atoms with Gasteiger partial charge in [-0.2, -0.15) is 0 Å². The Morgan fingerprint density at radius 1 is 1.35 bits per heavy atom. The first-order chi connectivity index (χ1) is 9.45. The summed E-state index contributed by atoms with van der Waals surface area (Å²) in [6.45, 7) is 7.82. The molecule has 0 spiro atoms. The van der Waals surface area contributed by atoms with Crippen LogP contribution >= 0.6 is 0 Å². The monoisotopic (exact) mass is 281 g/mol. The second kappa shape index (κ2) is 8.00. The Morgan fingerprint density at radius 2 is 2.05 bits per heavy atom. The van der Waals surface area contributed by atoms with Crippen molar-refractivity contribution in [2.24, 2.45) is 0 Å². The average molecular weight is 281 g/mol. The summed E-state index contributed by atoms with van der Waals surface area (Å²) >= 11 is 0. The molecule has 0 fully saturated rings. The van der Waals surface area contributed by atoms with E-state index in [0.29, 0.717) is 18.2 Å². The number of carboxylic acid groups (broad SMARTS) is 1. The molecule has 0 aliphatic rings. The lowest BCUT2D eigenvalue weighted by molar-refractivity contribution is 0.0693. The van der Waals surface area contributed by atoms with E-state index in [-0.39, 0.29) is 5.56 Å². The van der Waals surface area contributed by atoms with Gasteiger partial charge in [-0.3, -0.25) is 4.90 Å². The van der Waals surface area contributed by atoms with Crippen LogP contribution in [0.15, 0.2) is 18.2 Å². The highest BCUT2D eigenvalue weighted by Crippen LogP contribution is 2.16. The predicted octanol–water partition coefficient (Wildman–Crippen LogP) is 3.92. The molecule has 0 saturated carbocycles. The Kier molecular flexibility index (Phi) is 6.65. The lowest BCUT2D eigenvalue weighted by atomic mass is 10.1. The minimum Gasteiger partial charge on any atom is -0.478 e. The second-order valence-electron chi connectivity index (χ2n) is 5.38. The first-order valence-corrected chi connectivity index (χ1v) is 7.21. The molecule has 1 rings (SSSR count). The summed E-state index contributed by atoms with van der Waals surface area (Å²) in [6.07, 6.45) is 3.42. The van der Waals surface area contributed by atoms with Gasteiger partial charge >= 0.3 is 5.97 Å². The standard InChI is InChI=1S/C16H24FNO2/c1-4-5-6-9-18(12(2)3)11-13-7-8-14(17)10-15(13)16(19)20/h7-8,10,12H,4-6,9,11H2,1-3H3,(H,19,20). The molecule has 0 saturated heterocycles. The third-order valence-corrected chi connectivity index (χ3v) is 3.45. The van der Waals surface area contributed by atoms with E-state index in [1.165, 1.54) is 12.5 Å². The minimum atomic E-state index is -1.07. The Hall–Kier alpha value is -1.42. The van der Waals surface area contributed by atoms with Crippen molar-refractivity contribution in [3.05, 3.63) is 35.1 Å². The fourth-order valence-corrected chi connectivity index (χ4v) is 2.19. The van der Waals surface area contributed by atoms with E-state index < -0.39 is 11.8 Å². The highest BCUT2D eigenvalue weighted by molar-refractivity contribution is 5.89. The summed E-state index contributed by atoms with van der Waals surface area (Å²) in [5, 5.41) is 9.17.